The summed E-state index contributed by atoms with van der Waals surface area (Å²) in [4.78, 5) is 18.6. The number of carbonyl (C=O) groups is 1. The number of ether oxygens (including phenoxy) is 2. The van der Waals surface area contributed by atoms with Gasteiger partial charge >= 0.3 is 0 Å². The molecule has 126 valence electrons. The molecule has 2 aromatic heterocycles. The molecule has 7 nitrogen and oxygen atoms in total. The first-order valence-electron chi connectivity index (χ1n) is 7.98. The normalized spacial score (nSPS) is 19.7. The maximum atomic E-state index is 12.6. The van der Waals surface area contributed by atoms with Crippen molar-refractivity contribution in [3.05, 3.63) is 34.6 Å². The Morgan fingerprint density at radius 3 is 3.17 bits per heavy atom. The second-order valence-corrected chi connectivity index (χ2v) is 6.72. The summed E-state index contributed by atoms with van der Waals surface area (Å²) in [6, 6.07) is 5.45. The topological polar surface area (TPSA) is 69.5 Å². The Morgan fingerprint density at radius 2 is 2.33 bits per heavy atom. The highest BCUT2D eigenvalue weighted by atomic mass is 79.9. The molecule has 0 radical (unpaired) electrons. The smallest absolute Gasteiger partial charge is 0.274 e. The van der Waals surface area contributed by atoms with Gasteiger partial charge in [-0.25, -0.2) is 9.67 Å². The molecule has 8 heteroatoms. The SMILES string of the molecule is O=C(c1cc2n(n1)CCCO2)N1CC[C@@H](Oc2ncccc2Br)C1. The van der Waals surface area contributed by atoms with E-state index in [0.29, 0.717) is 37.2 Å². The fourth-order valence-corrected chi connectivity index (χ4v) is 3.31. The van der Waals surface area contributed by atoms with Gasteiger partial charge in [0.05, 0.1) is 17.6 Å². The van der Waals surface area contributed by atoms with Gasteiger partial charge in [-0.15, -0.1) is 0 Å². The van der Waals surface area contributed by atoms with Crippen LogP contribution in [0.1, 0.15) is 23.3 Å². The summed E-state index contributed by atoms with van der Waals surface area (Å²) in [6.07, 6.45) is 3.32. The standard InChI is InChI=1S/C16H17BrN4O3/c17-12-3-1-5-18-15(12)24-11-4-7-20(10-11)16(22)13-9-14-21(19-13)6-2-8-23-14/h1,3,5,9,11H,2,4,6-8,10H2/t11-/m1/s1. The van der Waals surface area contributed by atoms with Crippen LogP contribution in [-0.2, 0) is 6.54 Å². The van der Waals surface area contributed by atoms with E-state index in [1.807, 2.05) is 12.1 Å². The number of nitrogens with zero attached hydrogens (tertiary/aromatic N) is 4. The molecule has 0 N–H and O–H groups in total. The third-order valence-electron chi connectivity index (χ3n) is 4.16. The van der Waals surface area contributed by atoms with E-state index in [-0.39, 0.29) is 12.0 Å². The molecule has 1 fully saturated rings. The zero-order chi connectivity index (χ0) is 16.5. The van der Waals surface area contributed by atoms with E-state index in [9.17, 15) is 4.79 Å². The molecule has 1 saturated heterocycles. The van der Waals surface area contributed by atoms with Crippen molar-refractivity contribution in [2.24, 2.45) is 0 Å². The van der Waals surface area contributed by atoms with E-state index in [0.717, 1.165) is 23.9 Å². The van der Waals surface area contributed by atoms with Gasteiger partial charge in [-0.05, 0) is 28.1 Å². The van der Waals surface area contributed by atoms with Crippen LogP contribution < -0.4 is 9.47 Å². The largest absolute Gasteiger partial charge is 0.478 e. The zero-order valence-corrected chi connectivity index (χ0v) is 14.6. The van der Waals surface area contributed by atoms with E-state index in [1.165, 1.54) is 0 Å². The number of hydrogen-bond acceptors (Lipinski definition) is 5. The van der Waals surface area contributed by atoms with Crippen LogP contribution in [0.2, 0.25) is 0 Å². The molecule has 24 heavy (non-hydrogen) atoms. The summed E-state index contributed by atoms with van der Waals surface area (Å²) in [5, 5.41) is 4.36. The first-order chi connectivity index (χ1) is 11.7. The van der Waals surface area contributed by atoms with E-state index < -0.39 is 0 Å². The summed E-state index contributed by atoms with van der Waals surface area (Å²) in [6.45, 7) is 2.65. The maximum Gasteiger partial charge on any atom is 0.274 e. The summed E-state index contributed by atoms with van der Waals surface area (Å²) in [5.74, 6) is 1.16. The second-order valence-electron chi connectivity index (χ2n) is 5.86. The molecule has 2 aromatic rings. The van der Waals surface area contributed by atoms with Crippen LogP contribution in [0.5, 0.6) is 11.8 Å². The maximum absolute atomic E-state index is 12.6. The van der Waals surface area contributed by atoms with Gasteiger partial charge in [-0.1, -0.05) is 0 Å². The molecule has 0 bridgehead atoms. The first kappa shape index (κ1) is 15.4. The minimum absolute atomic E-state index is 0.0614. The molecule has 0 spiro atoms. The second kappa shape index (κ2) is 6.43. The molecular weight excluding hydrogens is 376 g/mol. The molecule has 0 unspecified atom stereocenters. The summed E-state index contributed by atoms with van der Waals surface area (Å²) in [7, 11) is 0. The lowest BCUT2D eigenvalue weighted by molar-refractivity contribution is 0.0764. The van der Waals surface area contributed by atoms with Crippen LogP contribution in [0.25, 0.3) is 0 Å². The molecule has 4 rings (SSSR count). The van der Waals surface area contributed by atoms with E-state index in [1.54, 1.807) is 21.8 Å². The lowest BCUT2D eigenvalue weighted by atomic mass is 10.3. The van der Waals surface area contributed by atoms with Gasteiger partial charge in [0.15, 0.2) is 5.69 Å². The predicted molar refractivity (Wildman–Crippen MR) is 89.2 cm³/mol. The highest BCUT2D eigenvalue weighted by Gasteiger charge is 2.31. The molecule has 2 aliphatic heterocycles. The fraction of sp³-hybridized carbons (Fsp3) is 0.438. The molecule has 0 aromatic carbocycles. The van der Waals surface area contributed by atoms with Gasteiger partial charge in [0.25, 0.3) is 5.91 Å². The van der Waals surface area contributed by atoms with Gasteiger partial charge in [0.1, 0.15) is 6.10 Å². The van der Waals surface area contributed by atoms with Crippen molar-refractivity contribution < 1.29 is 14.3 Å². The number of hydrogen-bond donors (Lipinski definition) is 0. The Morgan fingerprint density at radius 1 is 1.42 bits per heavy atom. The monoisotopic (exact) mass is 392 g/mol. The number of aryl methyl sites for hydroxylation is 1. The third kappa shape index (κ3) is 2.98. The number of rotatable bonds is 3. The number of fused-ring (bicyclic) bond motifs is 1. The van der Waals surface area contributed by atoms with Crippen LogP contribution in [0.15, 0.2) is 28.9 Å². The average molecular weight is 393 g/mol. The first-order valence-corrected chi connectivity index (χ1v) is 8.77. The molecule has 4 heterocycles. The lowest BCUT2D eigenvalue weighted by Crippen LogP contribution is -2.31. The van der Waals surface area contributed by atoms with Gasteiger partial charge in [0.2, 0.25) is 11.8 Å². The number of aromatic nitrogens is 3. The quantitative estimate of drug-likeness (QED) is 0.799. The van der Waals surface area contributed by atoms with E-state index >= 15 is 0 Å². The Hall–Kier alpha value is -2.09. The van der Waals surface area contributed by atoms with Gasteiger partial charge in [0, 0.05) is 38.2 Å². The fourth-order valence-electron chi connectivity index (χ4n) is 2.96. The van der Waals surface area contributed by atoms with Crippen LogP contribution in [-0.4, -0.2) is 51.4 Å². The van der Waals surface area contributed by atoms with Crippen molar-refractivity contribution in [3.63, 3.8) is 0 Å². The molecule has 0 saturated carbocycles. The Balaban J connectivity index is 1.42. The van der Waals surface area contributed by atoms with E-state index in [2.05, 4.69) is 26.0 Å². The molecule has 0 aliphatic carbocycles. The van der Waals surface area contributed by atoms with Crippen molar-refractivity contribution in [2.45, 2.75) is 25.5 Å². The van der Waals surface area contributed by atoms with E-state index in [4.69, 9.17) is 9.47 Å². The lowest BCUT2D eigenvalue weighted by Gasteiger charge is -2.16. The van der Waals surface area contributed by atoms with Crippen molar-refractivity contribution in [1.29, 1.82) is 0 Å². The zero-order valence-electron chi connectivity index (χ0n) is 13.0. The van der Waals surface area contributed by atoms with Gasteiger partial charge in [-0.3, -0.25) is 4.79 Å². The minimum Gasteiger partial charge on any atom is -0.478 e. The summed E-state index contributed by atoms with van der Waals surface area (Å²) < 4.78 is 14.0. The predicted octanol–water partition coefficient (Wildman–Crippen LogP) is 2.12. The van der Waals surface area contributed by atoms with Gasteiger partial charge < -0.3 is 14.4 Å². The Labute approximate surface area is 147 Å². The highest BCUT2D eigenvalue weighted by molar-refractivity contribution is 9.10. The van der Waals surface area contributed by atoms with Crippen molar-refractivity contribution >= 4 is 21.8 Å². The highest BCUT2D eigenvalue weighted by Crippen LogP contribution is 2.25. The molecule has 1 atom stereocenters. The summed E-state index contributed by atoms with van der Waals surface area (Å²) >= 11 is 3.42. The minimum atomic E-state index is -0.0771. The molecule has 2 aliphatic rings. The Kier molecular flexibility index (Phi) is 4.13. The number of carbonyl (C=O) groups excluding carboxylic acids is 1. The molecule has 1 amide bonds. The van der Waals surface area contributed by atoms with Crippen LogP contribution in [0, 0.1) is 0 Å². The molecular formula is C16H17BrN4O3. The number of amides is 1. The number of pyridine rings is 1. The third-order valence-corrected chi connectivity index (χ3v) is 4.77. The van der Waals surface area contributed by atoms with Crippen LogP contribution in [0.3, 0.4) is 0 Å². The van der Waals surface area contributed by atoms with Gasteiger partial charge in [-0.2, -0.15) is 5.10 Å². The van der Waals surface area contributed by atoms with Crippen LogP contribution in [0.4, 0.5) is 0 Å². The number of halogens is 1. The van der Waals surface area contributed by atoms with Crippen molar-refractivity contribution in [3.8, 4) is 11.8 Å². The summed E-state index contributed by atoms with van der Waals surface area (Å²) in [5.41, 5.74) is 0.437. The Bertz CT molecular complexity index is 740. The average Bonchev–Trinajstić information content (AvgIpc) is 3.23. The van der Waals surface area contributed by atoms with Crippen molar-refractivity contribution in [1.82, 2.24) is 19.7 Å². The van der Waals surface area contributed by atoms with Crippen LogP contribution >= 0.6 is 15.9 Å². The van der Waals surface area contributed by atoms with Crippen molar-refractivity contribution in [2.75, 3.05) is 19.7 Å². The number of likely N-dealkylation sites (tertiary alicyclic amines) is 1.